The number of rotatable bonds is 7. The Morgan fingerprint density at radius 3 is 2.28 bits per heavy atom. The molecule has 1 N–H and O–H groups in total. The zero-order chi connectivity index (χ0) is 21.8. The Kier molecular flexibility index (Phi) is 7.40. The normalized spacial score (nSPS) is 13.0. The molecule has 0 spiro atoms. The first kappa shape index (κ1) is 23.3. The van der Waals surface area contributed by atoms with Crippen LogP contribution in [0.4, 0.5) is 5.69 Å². The van der Waals surface area contributed by atoms with Crippen molar-refractivity contribution in [2.75, 3.05) is 23.4 Å². The van der Waals surface area contributed by atoms with Crippen LogP contribution in [0.25, 0.3) is 0 Å². The number of anilines is 1. The molecule has 29 heavy (non-hydrogen) atoms. The zero-order valence-corrected chi connectivity index (χ0v) is 19.5. The van der Waals surface area contributed by atoms with Crippen molar-refractivity contribution in [1.29, 1.82) is 0 Å². The minimum absolute atomic E-state index is 0.0618. The van der Waals surface area contributed by atoms with Crippen LogP contribution in [0.2, 0.25) is 0 Å². The van der Waals surface area contributed by atoms with E-state index < -0.39 is 10.0 Å². The summed E-state index contributed by atoms with van der Waals surface area (Å²) >= 11 is 1.52. The average molecular weight is 435 g/mol. The molecule has 0 saturated carbocycles. The van der Waals surface area contributed by atoms with Crippen LogP contribution in [0.15, 0.2) is 53.4 Å². The Morgan fingerprint density at radius 2 is 1.76 bits per heavy atom. The summed E-state index contributed by atoms with van der Waals surface area (Å²) in [4.78, 5) is 13.5. The zero-order valence-electron chi connectivity index (χ0n) is 17.9. The third-order valence-corrected chi connectivity index (χ3v) is 6.55. The molecule has 0 heterocycles. The van der Waals surface area contributed by atoms with Gasteiger partial charge >= 0.3 is 0 Å². The summed E-state index contributed by atoms with van der Waals surface area (Å²) in [6, 6.07) is 15.1. The third-order valence-electron chi connectivity index (χ3n) is 4.68. The number of carbonyl (C=O) groups is 1. The van der Waals surface area contributed by atoms with E-state index in [1.165, 1.54) is 17.3 Å². The molecule has 0 saturated heterocycles. The van der Waals surface area contributed by atoms with Gasteiger partial charge in [-0.05, 0) is 47.9 Å². The van der Waals surface area contributed by atoms with Crippen molar-refractivity contribution in [3.63, 3.8) is 0 Å². The molecule has 7 heteroatoms. The monoisotopic (exact) mass is 434 g/mol. The second-order valence-corrected chi connectivity index (χ2v) is 10.9. The lowest BCUT2D eigenvalue weighted by Crippen LogP contribution is -2.41. The van der Waals surface area contributed by atoms with Crippen LogP contribution in [0, 0.1) is 0 Å². The van der Waals surface area contributed by atoms with E-state index in [-0.39, 0.29) is 23.9 Å². The van der Waals surface area contributed by atoms with Gasteiger partial charge in [0.25, 0.3) is 0 Å². The van der Waals surface area contributed by atoms with Crippen LogP contribution in [0.5, 0.6) is 0 Å². The minimum atomic E-state index is -3.60. The first-order valence-corrected chi connectivity index (χ1v) is 12.5. The molecule has 0 fully saturated rings. The predicted octanol–water partition coefficient (Wildman–Crippen LogP) is 4.35. The number of thioether (sulfide) groups is 1. The summed E-state index contributed by atoms with van der Waals surface area (Å²) in [5, 5.41) is 2.91. The molecular weight excluding hydrogens is 404 g/mol. The van der Waals surface area contributed by atoms with Gasteiger partial charge in [-0.2, -0.15) is 0 Å². The van der Waals surface area contributed by atoms with E-state index in [0.29, 0.717) is 5.69 Å². The Labute approximate surface area is 178 Å². The molecule has 5 nitrogen and oxygen atoms in total. The fraction of sp³-hybridized carbons (Fsp3) is 0.409. The summed E-state index contributed by atoms with van der Waals surface area (Å²) in [5.41, 5.74) is 2.74. The molecule has 0 aliphatic heterocycles. The number of carbonyl (C=O) groups excluding carboxylic acids is 1. The van der Waals surface area contributed by atoms with Gasteiger partial charge in [0.15, 0.2) is 0 Å². The van der Waals surface area contributed by atoms with Gasteiger partial charge in [-0.3, -0.25) is 9.10 Å². The lowest BCUT2D eigenvalue weighted by Gasteiger charge is -2.24. The third kappa shape index (κ3) is 6.51. The maximum Gasteiger partial charge on any atom is 0.241 e. The quantitative estimate of drug-likeness (QED) is 0.658. The SMILES string of the molecule is CSc1cccc(N(CC(=O)N[C@@H](C)c2ccc(C(C)(C)C)cc2)S(C)(=O)=O)c1. The van der Waals surface area contributed by atoms with Gasteiger partial charge < -0.3 is 5.32 Å². The summed E-state index contributed by atoms with van der Waals surface area (Å²) in [5.74, 6) is -0.350. The second kappa shape index (κ2) is 9.22. The van der Waals surface area contributed by atoms with Crippen LogP contribution < -0.4 is 9.62 Å². The smallest absolute Gasteiger partial charge is 0.241 e. The van der Waals surface area contributed by atoms with Crippen LogP contribution in [-0.4, -0.2) is 33.4 Å². The largest absolute Gasteiger partial charge is 0.348 e. The maximum atomic E-state index is 12.6. The summed E-state index contributed by atoms with van der Waals surface area (Å²) in [6.45, 7) is 8.08. The Morgan fingerprint density at radius 1 is 1.14 bits per heavy atom. The van der Waals surface area contributed by atoms with E-state index in [4.69, 9.17) is 0 Å². The molecular formula is C22H30N2O3S2. The molecule has 1 amide bonds. The molecule has 0 aliphatic rings. The van der Waals surface area contributed by atoms with E-state index in [1.54, 1.807) is 18.2 Å². The van der Waals surface area contributed by atoms with Gasteiger partial charge in [-0.1, -0.05) is 51.1 Å². The van der Waals surface area contributed by atoms with Gasteiger partial charge in [-0.25, -0.2) is 8.42 Å². The predicted molar refractivity (Wildman–Crippen MR) is 122 cm³/mol. The summed E-state index contributed by atoms with van der Waals surface area (Å²) in [7, 11) is -3.60. The van der Waals surface area contributed by atoms with Crippen LogP contribution >= 0.6 is 11.8 Å². The van der Waals surface area contributed by atoms with Gasteiger partial charge in [0.1, 0.15) is 6.54 Å². The van der Waals surface area contributed by atoms with Crippen LogP contribution in [0.1, 0.15) is 44.9 Å². The average Bonchev–Trinajstić information content (AvgIpc) is 2.64. The van der Waals surface area contributed by atoms with Crippen molar-refractivity contribution >= 4 is 33.4 Å². The molecule has 2 rings (SSSR count). The Balaban J connectivity index is 2.13. The molecule has 0 radical (unpaired) electrons. The van der Waals surface area contributed by atoms with Crippen molar-refractivity contribution in [2.24, 2.45) is 0 Å². The van der Waals surface area contributed by atoms with E-state index in [9.17, 15) is 13.2 Å². The van der Waals surface area contributed by atoms with Crippen molar-refractivity contribution in [3.8, 4) is 0 Å². The van der Waals surface area contributed by atoms with Gasteiger partial charge in [0, 0.05) is 4.90 Å². The highest BCUT2D eigenvalue weighted by molar-refractivity contribution is 7.98. The minimum Gasteiger partial charge on any atom is -0.348 e. The molecule has 1 atom stereocenters. The number of nitrogens with one attached hydrogen (secondary N) is 1. The molecule has 0 bridgehead atoms. The van der Waals surface area contributed by atoms with Crippen molar-refractivity contribution in [1.82, 2.24) is 5.32 Å². The van der Waals surface area contributed by atoms with E-state index in [1.807, 2.05) is 31.4 Å². The summed E-state index contributed by atoms with van der Waals surface area (Å²) < 4.78 is 25.7. The number of sulfonamides is 1. The number of amides is 1. The number of benzene rings is 2. The van der Waals surface area contributed by atoms with Crippen molar-refractivity contribution < 1.29 is 13.2 Å². The Bertz CT molecular complexity index is 949. The van der Waals surface area contributed by atoms with Crippen molar-refractivity contribution in [2.45, 2.75) is 44.0 Å². The highest BCUT2D eigenvalue weighted by Crippen LogP contribution is 2.25. The van der Waals surface area contributed by atoms with E-state index >= 15 is 0 Å². The van der Waals surface area contributed by atoms with E-state index in [2.05, 4.69) is 38.2 Å². The van der Waals surface area contributed by atoms with Crippen LogP contribution in [0.3, 0.4) is 0 Å². The van der Waals surface area contributed by atoms with E-state index in [0.717, 1.165) is 21.0 Å². The van der Waals surface area contributed by atoms with Crippen molar-refractivity contribution in [3.05, 3.63) is 59.7 Å². The number of hydrogen-bond donors (Lipinski definition) is 1. The fourth-order valence-electron chi connectivity index (χ4n) is 2.94. The summed E-state index contributed by atoms with van der Waals surface area (Å²) in [6.07, 6.45) is 3.03. The first-order chi connectivity index (χ1) is 13.4. The molecule has 0 aromatic heterocycles. The lowest BCUT2D eigenvalue weighted by atomic mass is 9.86. The van der Waals surface area contributed by atoms with Gasteiger partial charge in [0.2, 0.25) is 15.9 Å². The topological polar surface area (TPSA) is 66.5 Å². The number of hydrogen-bond acceptors (Lipinski definition) is 4. The molecule has 0 unspecified atom stereocenters. The highest BCUT2D eigenvalue weighted by atomic mass is 32.2. The van der Waals surface area contributed by atoms with Crippen LogP contribution in [-0.2, 0) is 20.2 Å². The lowest BCUT2D eigenvalue weighted by molar-refractivity contribution is -0.120. The first-order valence-electron chi connectivity index (χ1n) is 9.43. The highest BCUT2D eigenvalue weighted by Gasteiger charge is 2.22. The Hall–Kier alpha value is -1.99. The van der Waals surface area contributed by atoms with Gasteiger partial charge in [-0.15, -0.1) is 11.8 Å². The fourth-order valence-corrected chi connectivity index (χ4v) is 4.24. The molecule has 158 valence electrons. The standard InChI is InChI=1S/C22H30N2O3S2/c1-16(17-10-12-18(13-11-17)22(2,3)4)23-21(25)15-24(29(6,26)27)19-8-7-9-20(14-19)28-5/h7-14,16H,15H2,1-6H3,(H,23,25)/t16-/m0/s1. The number of nitrogens with zero attached hydrogens (tertiary/aromatic N) is 1. The maximum absolute atomic E-state index is 12.6. The van der Waals surface area contributed by atoms with Gasteiger partial charge in [0.05, 0.1) is 18.0 Å². The molecule has 2 aromatic carbocycles. The molecule has 0 aliphatic carbocycles. The molecule has 2 aromatic rings. The second-order valence-electron chi connectivity index (χ2n) is 8.13.